The third-order valence-corrected chi connectivity index (χ3v) is 10.3. The number of ether oxygens (including phenoxy) is 2. The fourth-order valence-corrected chi connectivity index (χ4v) is 6.96. The van der Waals surface area contributed by atoms with E-state index in [9.17, 15) is 9.59 Å². The van der Waals surface area contributed by atoms with Gasteiger partial charge in [0, 0.05) is 0 Å². The second-order valence-electron chi connectivity index (χ2n) is 15.2. The molecule has 0 heterocycles. The minimum absolute atomic E-state index is 0.330. The van der Waals surface area contributed by atoms with Crippen LogP contribution in [-0.2, 0) is 25.5 Å². The third-order valence-electron chi connectivity index (χ3n) is 10.3. The summed E-state index contributed by atoms with van der Waals surface area (Å²) in [6.07, 6.45) is 42.3. The molecule has 0 unspecified atom stereocenters. The molecule has 1 aromatic rings. The molecule has 0 saturated heterocycles. The Labute approximate surface area is 311 Å². The van der Waals surface area contributed by atoms with Gasteiger partial charge < -0.3 is 9.47 Å². The lowest BCUT2D eigenvalue weighted by Crippen LogP contribution is -2.30. The van der Waals surface area contributed by atoms with Crippen LogP contribution in [0.25, 0.3) is 0 Å². The molecule has 0 atom stereocenters. The van der Waals surface area contributed by atoms with E-state index in [1.54, 1.807) is 0 Å². The minimum atomic E-state index is -0.889. The summed E-state index contributed by atoms with van der Waals surface area (Å²) in [5, 5.41) is 0. The molecular formula is C46H82O4. The van der Waals surface area contributed by atoms with Crippen LogP contribution in [0.1, 0.15) is 225 Å². The van der Waals surface area contributed by atoms with E-state index in [-0.39, 0.29) is 0 Å². The molecule has 0 aliphatic rings. The zero-order valence-electron chi connectivity index (χ0n) is 33.3. The fraction of sp³-hybridized carbons (Fsp3) is 0.826. The molecule has 4 nitrogen and oxygen atoms in total. The summed E-state index contributed by atoms with van der Waals surface area (Å²) in [6, 6.07) is 9.74. The minimum Gasteiger partial charge on any atom is -0.465 e. The molecule has 0 radical (unpaired) electrons. The van der Waals surface area contributed by atoms with E-state index < -0.39 is 17.9 Å². The summed E-state index contributed by atoms with van der Waals surface area (Å²) >= 11 is 0. The Balaban J connectivity index is 2.09. The van der Waals surface area contributed by atoms with Crippen LogP contribution in [0.5, 0.6) is 0 Å². The molecule has 0 bridgehead atoms. The number of hydrogen-bond donors (Lipinski definition) is 0. The monoisotopic (exact) mass is 699 g/mol. The van der Waals surface area contributed by atoms with Crippen molar-refractivity contribution in [2.75, 3.05) is 13.2 Å². The maximum Gasteiger partial charge on any atom is 0.320 e. The summed E-state index contributed by atoms with van der Waals surface area (Å²) in [4.78, 5) is 26.0. The maximum absolute atomic E-state index is 13.0. The van der Waals surface area contributed by atoms with E-state index in [0.29, 0.717) is 19.6 Å². The second kappa shape index (κ2) is 36.9. The molecule has 0 N–H and O–H groups in total. The highest BCUT2D eigenvalue weighted by atomic mass is 16.6. The molecule has 290 valence electrons. The first-order valence-corrected chi connectivity index (χ1v) is 22.1. The number of rotatable bonds is 38. The van der Waals surface area contributed by atoms with Crippen molar-refractivity contribution in [1.29, 1.82) is 0 Å². The quantitative estimate of drug-likeness (QED) is 0.0392. The first-order chi connectivity index (χ1) is 24.7. The molecule has 0 spiro atoms. The summed E-state index contributed by atoms with van der Waals surface area (Å²) in [7, 11) is 0. The number of carbonyl (C=O) groups excluding carboxylic acids is 2. The molecule has 0 fully saturated rings. The van der Waals surface area contributed by atoms with Crippen molar-refractivity contribution >= 4 is 11.9 Å². The summed E-state index contributed by atoms with van der Waals surface area (Å²) in [5.74, 6) is -1.77. The largest absolute Gasteiger partial charge is 0.465 e. The number of carbonyl (C=O) groups is 2. The number of benzene rings is 1. The average molecular weight is 699 g/mol. The van der Waals surface area contributed by atoms with Gasteiger partial charge >= 0.3 is 11.9 Å². The Kier molecular flexibility index (Phi) is 34.1. The Morgan fingerprint density at radius 3 is 0.940 bits per heavy atom. The van der Waals surface area contributed by atoms with Gasteiger partial charge in [0.25, 0.3) is 0 Å². The van der Waals surface area contributed by atoms with Crippen LogP contribution >= 0.6 is 0 Å². The Hall–Kier alpha value is -1.84. The normalized spacial score (nSPS) is 11.3. The predicted octanol–water partition coefficient (Wildman–Crippen LogP) is 14.5. The van der Waals surface area contributed by atoms with Crippen LogP contribution in [-0.4, -0.2) is 25.2 Å². The van der Waals surface area contributed by atoms with Crippen LogP contribution < -0.4 is 0 Å². The molecule has 1 aromatic carbocycles. The highest BCUT2D eigenvalue weighted by molar-refractivity contribution is 5.95. The molecule has 50 heavy (non-hydrogen) atoms. The van der Waals surface area contributed by atoms with E-state index in [1.165, 1.54) is 180 Å². The highest BCUT2D eigenvalue weighted by Crippen LogP contribution is 2.17. The molecular weight excluding hydrogens is 617 g/mol. The predicted molar refractivity (Wildman–Crippen MR) is 215 cm³/mol. The van der Waals surface area contributed by atoms with Crippen LogP contribution in [0, 0.1) is 5.92 Å². The molecule has 0 saturated carbocycles. The van der Waals surface area contributed by atoms with Crippen molar-refractivity contribution in [3.63, 3.8) is 0 Å². The van der Waals surface area contributed by atoms with Crippen LogP contribution in [0.4, 0.5) is 0 Å². The van der Waals surface area contributed by atoms with Crippen molar-refractivity contribution in [1.82, 2.24) is 0 Å². The fourth-order valence-electron chi connectivity index (χ4n) is 6.96. The summed E-state index contributed by atoms with van der Waals surface area (Å²) in [5.41, 5.74) is 0.955. The molecule has 0 aromatic heterocycles. The average Bonchev–Trinajstić information content (AvgIpc) is 3.13. The maximum atomic E-state index is 13.0. The van der Waals surface area contributed by atoms with Crippen molar-refractivity contribution in [2.24, 2.45) is 5.92 Å². The van der Waals surface area contributed by atoms with Crippen molar-refractivity contribution in [3.8, 4) is 0 Å². The lowest BCUT2D eigenvalue weighted by Gasteiger charge is -2.16. The van der Waals surface area contributed by atoms with Gasteiger partial charge in [-0.15, -0.1) is 0 Å². The smallest absolute Gasteiger partial charge is 0.320 e. The zero-order chi connectivity index (χ0) is 36.0. The van der Waals surface area contributed by atoms with Crippen molar-refractivity contribution in [2.45, 2.75) is 226 Å². The third kappa shape index (κ3) is 29.8. The topological polar surface area (TPSA) is 52.6 Å². The molecule has 0 aliphatic carbocycles. The first kappa shape index (κ1) is 46.2. The van der Waals surface area contributed by atoms with Gasteiger partial charge in [0.2, 0.25) is 0 Å². The van der Waals surface area contributed by atoms with E-state index in [2.05, 4.69) is 13.8 Å². The van der Waals surface area contributed by atoms with Crippen LogP contribution in [0.3, 0.4) is 0 Å². The molecule has 0 aliphatic heterocycles. The Morgan fingerprint density at radius 1 is 0.400 bits per heavy atom. The number of unbranched alkanes of at least 4 members (excludes halogenated alkanes) is 30. The standard InChI is InChI=1S/C46H82O4/c1-3-5-7-9-11-13-15-17-19-21-23-25-27-29-31-36-40-49-45(47)44(42-43-38-34-33-35-39-43)46(48)50-41-37-32-30-28-26-24-22-20-18-16-14-12-10-8-6-4-2/h33-35,38-39,44H,3-32,36-37,40-42H2,1-2H3. The van der Waals surface area contributed by atoms with E-state index in [4.69, 9.17) is 9.47 Å². The van der Waals surface area contributed by atoms with E-state index in [0.717, 1.165) is 31.2 Å². The van der Waals surface area contributed by atoms with E-state index >= 15 is 0 Å². The summed E-state index contributed by atoms with van der Waals surface area (Å²) in [6.45, 7) is 5.33. The van der Waals surface area contributed by atoms with E-state index in [1.807, 2.05) is 30.3 Å². The highest BCUT2D eigenvalue weighted by Gasteiger charge is 2.30. The van der Waals surface area contributed by atoms with Gasteiger partial charge in [-0.3, -0.25) is 9.59 Å². The van der Waals surface area contributed by atoms with Gasteiger partial charge in [-0.2, -0.15) is 0 Å². The van der Waals surface area contributed by atoms with Crippen molar-refractivity contribution < 1.29 is 19.1 Å². The number of esters is 2. The lowest BCUT2D eigenvalue weighted by atomic mass is 9.99. The molecule has 0 amide bonds. The first-order valence-electron chi connectivity index (χ1n) is 22.1. The SMILES string of the molecule is CCCCCCCCCCCCCCCCCCOC(=O)C(Cc1ccccc1)C(=O)OCCCCCCCCCCCCCCCCCC. The van der Waals surface area contributed by atoms with Crippen LogP contribution in [0.15, 0.2) is 30.3 Å². The second-order valence-corrected chi connectivity index (χ2v) is 15.2. The van der Waals surface area contributed by atoms with Gasteiger partial charge in [-0.05, 0) is 24.8 Å². The Bertz CT molecular complexity index is 803. The van der Waals surface area contributed by atoms with Gasteiger partial charge in [0.15, 0.2) is 5.92 Å². The van der Waals surface area contributed by atoms with Gasteiger partial charge in [-0.1, -0.05) is 237 Å². The summed E-state index contributed by atoms with van der Waals surface area (Å²) < 4.78 is 11.2. The number of hydrogen-bond acceptors (Lipinski definition) is 4. The van der Waals surface area contributed by atoms with Crippen LogP contribution in [0.2, 0.25) is 0 Å². The van der Waals surface area contributed by atoms with Crippen molar-refractivity contribution in [3.05, 3.63) is 35.9 Å². The van der Waals surface area contributed by atoms with Gasteiger partial charge in [0.1, 0.15) is 0 Å². The molecule has 1 rings (SSSR count). The Morgan fingerprint density at radius 2 is 0.660 bits per heavy atom. The molecule has 4 heteroatoms. The van der Waals surface area contributed by atoms with Gasteiger partial charge in [-0.25, -0.2) is 0 Å². The lowest BCUT2D eigenvalue weighted by molar-refractivity contribution is -0.162. The zero-order valence-corrected chi connectivity index (χ0v) is 33.3. The van der Waals surface area contributed by atoms with Gasteiger partial charge in [0.05, 0.1) is 13.2 Å².